The first kappa shape index (κ1) is 46.1. The number of hydrogen-bond acceptors (Lipinski definition) is 2. The van der Waals surface area contributed by atoms with Crippen molar-refractivity contribution in [1.29, 1.82) is 0 Å². The molecule has 2 atom stereocenters. The Morgan fingerprint density at radius 2 is 0.783 bits per heavy atom. The number of aryl methyl sites for hydroxylation is 2. The second-order valence-electron chi connectivity index (χ2n) is 13.5. The lowest BCUT2D eigenvalue weighted by Crippen LogP contribution is -3.00. The molecule has 0 aliphatic carbocycles. The average molecular weight is 809 g/mol. The third-order valence-electron chi connectivity index (χ3n) is 9.20. The molecule has 0 aliphatic heterocycles. The van der Waals surface area contributed by atoms with E-state index in [1.54, 1.807) is 0 Å². The molecule has 0 spiro atoms. The zero-order valence-corrected chi connectivity index (χ0v) is 35.2. The van der Waals surface area contributed by atoms with E-state index >= 15 is 0 Å². The second kappa shape index (κ2) is 32.3. The van der Waals surface area contributed by atoms with Crippen molar-refractivity contribution in [3.8, 4) is 0 Å². The smallest absolute Gasteiger partial charge is 0.243 e. The fraction of sp³-hybridized carbons (Fsp3) is 0.842. The van der Waals surface area contributed by atoms with Crippen molar-refractivity contribution in [3.05, 3.63) is 37.4 Å². The Morgan fingerprint density at radius 1 is 0.478 bits per heavy atom. The summed E-state index contributed by atoms with van der Waals surface area (Å²) in [5, 5.41) is 0. The molecule has 0 amide bonds. The van der Waals surface area contributed by atoms with Gasteiger partial charge in [-0.1, -0.05) is 129 Å². The predicted molar refractivity (Wildman–Crippen MR) is 197 cm³/mol. The van der Waals surface area contributed by atoms with Crippen LogP contribution in [0.3, 0.4) is 0 Å². The second-order valence-corrected chi connectivity index (χ2v) is 15.8. The number of hydrogen-bond donors (Lipinski definition) is 0. The monoisotopic (exact) mass is 806 g/mol. The van der Waals surface area contributed by atoms with E-state index in [1.807, 2.05) is 0 Å². The lowest BCUT2D eigenvalue weighted by molar-refractivity contribution is -0.671. The Hall–Kier alpha value is 0.0800. The Balaban J connectivity index is 0.0000101. The summed E-state index contributed by atoms with van der Waals surface area (Å²) in [6, 6.07) is 1.26. The highest BCUT2D eigenvalue weighted by Gasteiger charge is 2.18. The molecule has 2 aromatic rings. The van der Waals surface area contributed by atoms with Gasteiger partial charge in [0.15, 0.2) is 0 Å². The first-order chi connectivity index (χ1) is 21.6. The van der Waals surface area contributed by atoms with Crippen molar-refractivity contribution in [2.45, 2.75) is 167 Å². The molecule has 0 radical (unpaired) electrons. The highest BCUT2D eigenvalue weighted by molar-refractivity contribution is 8.02. The topological polar surface area (TPSA) is 17.6 Å². The SMILES string of the molecule is CCCCCCCCCCCCC(CSCCSCC(CCCCCCCCCCCC)n1cc[n+](C)c1)n1cc[n+](C)c1.[Br-].[Br-]. The van der Waals surface area contributed by atoms with E-state index in [-0.39, 0.29) is 34.0 Å². The van der Waals surface area contributed by atoms with Crippen LogP contribution in [-0.2, 0) is 14.1 Å². The first-order valence-corrected chi connectivity index (χ1v) is 21.2. The molecular weight excluding hydrogens is 736 g/mol. The summed E-state index contributed by atoms with van der Waals surface area (Å²) in [6.07, 6.45) is 44.5. The lowest BCUT2D eigenvalue weighted by atomic mass is 10.0. The average Bonchev–Trinajstić information content (AvgIpc) is 3.66. The maximum Gasteiger partial charge on any atom is 0.243 e. The third kappa shape index (κ3) is 23.4. The first-order valence-electron chi connectivity index (χ1n) is 18.8. The van der Waals surface area contributed by atoms with Gasteiger partial charge < -0.3 is 34.0 Å². The van der Waals surface area contributed by atoms with E-state index < -0.39 is 0 Å². The number of halogens is 2. The van der Waals surface area contributed by atoms with Crippen LogP contribution in [0.15, 0.2) is 37.4 Å². The lowest BCUT2D eigenvalue weighted by Gasteiger charge is -2.15. The van der Waals surface area contributed by atoms with E-state index in [9.17, 15) is 0 Å². The Bertz CT molecular complexity index is 835. The van der Waals surface area contributed by atoms with Gasteiger partial charge in [0.05, 0.1) is 14.1 Å². The van der Waals surface area contributed by atoms with Gasteiger partial charge in [0, 0.05) is 23.0 Å². The van der Waals surface area contributed by atoms with E-state index in [4.69, 9.17) is 0 Å². The number of aromatic nitrogens is 4. The number of nitrogens with zero attached hydrogens (tertiary/aromatic N) is 4. The Kier molecular flexibility index (Phi) is 32.4. The summed E-state index contributed by atoms with van der Waals surface area (Å²) < 4.78 is 9.34. The summed E-state index contributed by atoms with van der Waals surface area (Å²) in [5.41, 5.74) is 0. The minimum absolute atomic E-state index is 0. The van der Waals surface area contributed by atoms with E-state index in [1.165, 1.54) is 164 Å². The van der Waals surface area contributed by atoms with Crippen LogP contribution in [0.5, 0.6) is 0 Å². The third-order valence-corrected chi connectivity index (χ3v) is 11.7. The maximum atomic E-state index is 2.47. The molecule has 270 valence electrons. The highest BCUT2D eigenvalue weighted by atomic mass is 79.9. The molecule has 0 aromatic carbocycles. The molecule has 0 saturated heterocycles. The number of unbranched alkanes of at least 4 members (excludes halogenated alkanes) is 18. The van der Waals surface area contributed by atoms with Crippen LogP contribution in [0.25, 0.3) is 0 Å². The number of imidazole rings is 2. The van der Waals surface area contributed by atoms with Crippen molar-refractivity contribution in [1.82, 2.24) is 9.13 Å². The van der Waals surface area contributed by atoms with Gasteiger partial charge in [-0.3, -0.25) is 0 Å². The molecule has 4 nitrogen and oxygen atoms in total. The number of rotatable bonds is 31. The Labute approximate surface area is 315 Å². The zero-order chi connectivity index (χ0) is 31.5. The molecule has 0 fully saturated rings. The molecule has 0 N–H and O–H groups in total. The van der Waals surface area contributed by atoms with Crippen LogP contribution in [0.4, 0.5) is 0 Å². The summed E-state index contributed by atoms with van der Waals surface area (Å²) in [5.74, 6) is 5.00. The van der Waals surface area contributed by atoms with Gasteiger partial charge in [-0.25, -0.2) is 18.3 Å². The molecule has 2 rings (SSSR count). The van der Waals surface area contributed by atoms with Crippen LogP contribution in [-0.4, -0.2) is 32.1 Å². The molecule has 0 bridgehead atoms. The summed E-state index contributed by atoms with van der Waals surface area (Å²) >= 11 is 4.34. The van der Waals surface area contributed by atoms with E-state index in [0.29, 0.717) is 12.1 Å². The van der Waals surface area contributed by atoms with Crippen molar-refractivity contribution in [2.75, 3.05) is 23.0 Å². The van der Waals surface area contributed by atoms with Gasteiger partial charge in [0.1, 0.15) is 36.9 Å². The zero-order valence-electron chi connectivity index (χ0n) is 30.4. The van der Waals surface area contributed by atoms with Crippen molar-refractivity contribution in [2.24, 2.45) is 14.1 Å². The maximum absolute atomic E-state index is 2.47. The van der Waals surface area contributed by atoms with Crippen molar-refractivity contribution >= 4 is 23.5 Å². The van der Waals surface area contributed by atoms with Gasteiger partial charge in [0.2, 0.25) is 12.7 Å². The van der Waals surface area contributed by atoms with Gasteiger partial charge in [0.25, 0.3) is 0 Å². The summed E-state index contributed by atoms with van der Waals surface area (Å²) in [7, 11) is 4.29. The van der Waals surface area contributed by atoms with Crippen molar-refractivity contribution < 1.29 is 43.1 Å². The molecule has 2 aromatic heterocycles. The quantitative estimate of drug-likeness (QED) is 0.0805. The molecule has 46 heavy (non-hydrogen) atoms. The van der Waals surface area contributed by atoms with Crippen molar-refractivity contribution in [3.63, 3.8) is 0 Å². The van der Waals surface area contributed by atoms with Crippen LogP contribution in [0, 0.1) is 0 Å². The van der Waals surface area contributed by atoms with Gasteiger partial charge in [-0.15, -0.1) is 0 Å². The molecule has 2 heterocycles. The molecule has 8 heteroatoms. The Morgan fingerprint density at radius 3 is 1.07 bits per heavy atom. The van der Waals surface area contributed by atoms with Gasteiger partial charge >= 0.3 is 0 Å². The minimum Gasteiger partial charge on any atom is -1.00 e. The normalized spacial score (nSPS) is 12.5. The van der Waals surface area contributed by atoms with Gasteiger partial charge in [-0.05, 0) is 25.7 Å². The van der Waals surface area contributed by atoms with Gasteiger partial charge in [-0.2, -0.15) is 23.5 Å². The van der Waals surface area contributed by atoms with Crippen LogP contribution in [0.1, 0.15) is 167 Å². The predicted octanol–water partition coefficient (Wildman–Crippen LogP) is 4.82. The van der Waals surface area contributed by atoms with Crippen LogP contribution >= 0.6 is 23.5 Å². The van der Waals surface area contributed by atoms with E-state index in [2.05, 4.69) is 107 Å². The van der Waals surface area contributed by atoms with Crippen LogP contribution in [0.2, 0.25) is 0 Å². The molecular formula is C38H72Br2N4S2. The molecule has 0 aliphatic rings. The van der Waals surface area contributed by atoms with E-state index in [0.717, 1.165) is 0 Å². The summed E-state index contributed by atoms with van der Waals surface area (Å²) in [6.45, 7) is 4.61. The largest absolute Gasteiger partial charge is 1.00 e. The fourth-order valence-electron chi connectivity index (χ4n) is 6.30. The molecule has 0 saturated carbocycles. The molecule has 2 unspecified atom stereocenters. The number of thioether (sulfide) groups is 2. The summed E-state index contributed by atoms with van der Waals surface area (Å²) in [4.78, 5) is 0. The highest BCUT2D eigenvalue weighted by Crippen LogP contribution is 2.25. The standard InChI is InChI=1S/C38H72N4S2.2BrH/c1-5-7-9-11-13-15-17-19-21-23-25-37(41-29-27-39(3)35-41)33-43-31-32-44-34-38(42-30-28-40(4)36-42)26-24-22-20-18-16-14-12-10-8-6-2;;/h27-30,35-38H,5-26,31-34H2,1-4H3;2*1H/q+2;;/p-2. The minimum atomic E-state index is 0. The van der Waals surface area contributed by atoms with Crippen LogP contribution < -0.4 is 43.1 Å². The fourth-order valence-corrected chi connectivity index (χ4v) is 8.80.